The van der Waals surface area contributed by atoms with Crippen molar-refractivity contribution in [3.8, 4) is 11.1 Å². The van der Waals surface area contributed by atoms with Crippen LogP contribution in [-0.2, 0) is 14.3 Å². The molecule has 3 N–H and O–H groups in total. The van der Waals surface area contributed by atoms with E-state index in [-0.39, 0.29) is 23.6 Å². The highest BCUT2D eigenvalue weighted by atomic mass is 19.1. The normalized spacial score (nSPS) is 15.9. The van der Waals surface area contributed by atoms with E-state index in [2.05, 4.69) is 15.6 Å². The van der Waals surface area contributed by atoms with Gasteiger partial charge in [0.15, 0.2) is 6.10 Å². The van der Waals surface area contributed by atoms with Crippen LogP contribution in [0.2, 0.25) is 0 Å². The van der Waals surface area contributed by atoms with Gasteiger partial charge in [0.05, 0.1) is 12.2 Å². The second-order valence-corrected chi connectivity index (χ2v) is 5.90. The zero-order chi connectivity index (χ0) is 20.3. The zero-order valence-corrected chi connectivity index (χ0v) is 14.8. The number of amides is 3. The number of aliphatic hydroxyl groups excluding tert-OH is 1. The van der Waals surface area contributed by atoms with Gasteiger partial charge in [-0.1, -0.05) is 0 Å². The number of hydrogen-bond acceptors (Lipinski definition) is 6. The Labute approximate surface area is 159 Å². The first-order valence-electron chi connectivity index (χ1n) is 8.29. The number of ether oxygens (including phenoxy) is 1. The van der Waals surface area contributed by atoms with Crippen molar-refractivity contribution in [3.63, 3.8) is 0 Å². The Balaban J connectivity index is 1.78. The molecule has 9 nitrogen and oxygen atoms in total. The fraction of sp³-hybridized carbons (Fsp3) is 0.222. The maximum atomic E-state index is 14.6. The lowest BCUT2D eigenvalue weighted by atomic mass is 10.1. The number of hydrogen-bond donors (Lipinski definition) is 3. The van der Waals surface area contributed by atoms with Gasteiger partial charge < -0.3 is 20.5 Å². The van der Waals surface area contributed by atoms with E-state index in [1.807, 2.05) is 0 Å². The van der Waals surface area contributed by atoms with Crippen molar-refractivity contribution in [2.24, 2.45) is 0 Å². The molecule has 2 aromatic rings. The Bertz CT molecular complexity index is 919. The number of rotatable bonds is 5. The molecule has 1 aliphatic rings. The van der Waals surface area contributed by atoms with Crippen molar-refractivity contribution in [1.29, 1.82) is 0 Å². The third kappa shape index (κ3) is 3.91. The summed E-state index contributed by atoms with van der Waals surface area (Å²) < 4.78 is 19.6. The first-order chi connectivity index (χ1) is 13.4. The molecule has 0 spiro atoms. The first-order valence-corrected chi connectivity index (χ1v) is 8.29. The van der Waals surface area contributed by atoms with Gasteiger partial charge in [-0.15, -0.1) is 0 Å². The molecule has 1 aliphatic heterocycles. The number of aliphatic hydroxyl groups is 1. The predicted octanol–water partition coefficient (Wildman–Crippen LogP) is 0.890. The monoisotopic (exact) mass is 388 g/mol. The lowest BCUT2D eigenvalue weighted by Gasteiger charge is -2.14. The molecule has 0 aliphatic carbocycles. The lowest BCUT2D eigenvalue weighted by Crippen LogP contribution is -2.35. The molecule has 10 heteroatoms. The minimum atomic E-state index is -0.953. The summed E-state index contributed by atoms with van der Waals surface area (Å²) in [5, 5.41) is 13.5. The molecular formula is C18H17FN4O5. The summed E-state index contributed by atoms with van der Waals surface area (Å²) in [6, 6.07) is 7.22. The number of benzene rings is 1. The van der Waals surface area contributed by atoms with Crippen molar-refractivity contribution in [2.45, 2.75) is 6.10 Å². The standard InChI is InChI=1S/C18H17FN4O5/c1-20-17(26)14-8-23(18(27)28-14)11-3-4-12(13(19)6-11)10-2-5-15(21-7-10)22-16(25)9-24/h2-7,14,24H,8-9H2,1H3,(H,20,26)(H,21,22,25)/t14-/m1/s1. The van der Waals surface area contributed by atoms with Gasteiger partial charge >= 0.3 is 6.09 Å². The number of aromatic nitrogens is 1. The Morgan fingerprint density at radius 2 is 2.14 bits per heavy atom. The van der Waals surface area contributed by atoms with Crippen LogP contribution in [0.1, 0.15) is 0 Å². The minimum absolute atomic E-state index is 0.0158. The molecule has 3 rings (SSSR count). The number of nitrogens with one attached hydrogen (secondary N) is 2. The third-order valence-corrected chi connectivity index (χ3v) is 4.10. The van der Waals surface area contributed by atoms with Gasteiger partial charge in [-0.05, 0) is 30.3 Å². The summed E-state index contributed by atoms with van der Waals surface area (Å²) in [5.41, 5.74) is 0.961. The second kappa shape index (κ2) is 8.01. The fourth-order valence-corrected chi connectivity index (χ4v) is 2.69. The van der Waals surface area contributed by atoms with Crippen LogP contribution in [0, 0.1) is 5.82 Å². The summed E-state index contributed by atoms with van der Waals surface area (Å²) in [6.07, 6.45) is -0.311. The van der Waals surface area contributed by atoms with E-state index in [0.717, 1.165) is 0 Å². The predicted molar refractivity (Wildman–Crippen MR) is 97.0 cm³/mol. The Morgan fingerprint density at radius 1 is 1.36 bits per heavy atom. The van der Waals surface area contributed by atoms with Crippen molar-refractivity contribution >= 4 is 29.4 Å². The van der Waals surface area contributed by atoms with E-state index >= 15 is 0 Å². The number of pyridine rings is 1. The number of carbonyl (C=O) groups is 3. The molecular weight excluding hydrogens is 371 g/mol. The number of anilines is 2. The SMILES string of the molecule is CNC(=O)[C@H]1CN(c2ccc(-c3ccc(NC(=O)CO)nc3)c(F)c2)C(=O)O1. The highest BCUT2D eigenvalue weighted by Gasteiger charge is 2.36. The molecule has 1 saturated heterocycles. The number of nitrogens with zero attached hydrogens (tertiary/aromatic N) is 2. The van der Waals surface area contributed by atoms with Crippen molar-refractivity contribution in [1.82, 2.24) is 10.3 Å². The van der Waals surface area contributed by atoms with Gasteiger partial charge in [-0.2, -0.15) is 0 Å². The largest absolute Gasteiger partial charge is 0.434 e. The summed E-state index contributed by atoms with van der Waals surface area (Å²) in [4.78, 5) is 39.9. The van der Waals surface area contributed by atoms with Crippen molar-refractivity contribution in [2.75, 3.05) is 30.4 Å². The average Bonchev–Trinajstić information content (AvgIpc) is 3.09. The minimum Gasteiger partial charge on any atom is -0.434 e. The van der Waals surface area contributed by atoms with Gasteiger partial charge in [-0.25, -0.2) is 14.2 Å². The molecule has 0 unspecified atom stereocenters. The van der Waals surface area contributed by atoms with Crippen LogP contribution in [0.4, 0.5) is 20.7 Å². The average molecular weight is 388 g/mol. The molecule has 1 atom stereocenters. The Hall–Kier alpha value is -3.53. The van der Waals surface area contributed by atoms with Crippen LogP contribution < -0.4 is 15.5 Å². The number of cyclic esters (lactones) is 1. The third-order valence-electron chi connectivity index (χ3n) is 4.10. The molecule has 0 radical (unpaired) electrons. The molecule has 1 fully saturated rings. The van der Waals surface area contributed by atoms with Crippen LogP contribution in [0.5, 0.6) is 0 Å². The molecule has 1 aromatic carbocycles. The van der Waals surface area contributed by atoms with Gasteiger partial charge in [0.1, 0.15) is 18.2 Å². The smallest absolute Gasteiger partial charge is 0.415 e. The highest BCUT2D eigenvalue weighted by molar-refractivity contribution is 5.95. The summed E-state index contributed by atoms with van der Waals surface area (Å²) in [7, 11) is 1.43. The molecule has 28 heavy (non-hydrogen) atoms. The Kier molecular flexibility index (Phi) is 5.50. The van der Waals surface area contributed by atoms with Gasteiger partial charge in [0, 0.05) is 24.4 Å². The second-order valence-electron chi connectivity index (χ2n) is 5.90. The van der Waals surface area contributed by atoms with E-state index in [0.29, 0.717) is 5.56 Å². The lowest BCUT2D eigenvalue weighted by molar-refractivity contribution is -0.127. The molecule has 0 saturated carbocycles. The van der Waals surface area contributed by atoms with Crippen LogP contribution in [0.25, 0.3) is 11.1 Å². The molecule has 1 aromatic heterocycles. The molecule has 0 bridgehead atoms. The molecule has 146 valence electrons. The maximum Gasteiger partial charge on any atom is 0.415 e. The molecule has 2 heterocycles. The van der Waals surface area contributed by atoms with Crippen LogP contribution in [0.15, 0.2) is 36.5 Å². The van der Waals surface area contributed by atoms with E-state index in [1.165, 1.54) is 42.4 Å². The Morgan fingerprint density at radius 3 is 2.75 bits per heavy atom. The number of carbonyl (C=O) groups excluding carboxylic acids is 3. The summed E-state index contributed by atoms with van der Waals surface area (Å²) in [5.74, 6) is -1.42. The molecule has 3 amide bonds. The van der Waals surface area contributed by atoms with E-state index in [1.54, 1.807) is 6.07 Å². The van der Waals surface area contributed by atoms with E-state index in [4.69, 9.17) is 9.84 Å². The summed E-state index contributed by atoms with van der Waals surface area (Å²) in [6.45, 7) is -0.683. The van der Waals surface area contributed by atoms with Gasteiger partial charge in [0.2, 0.25) is 0 Å². The van der Waals surface area contributed by atoms with Gasteiger partial charge in [0.25, 0.3) is 11.8 Å². The highest BCUT2D eigenvalue weighted by Crippen LogP contribution is 2.29. The maximum absolute atomic E-state index is 14.6. The number of likely N-dealkylation sites (N-methyl/N-ethyl adjacent to an activating group) is 1. The van der Waals surface area contributed by atoms with E-state index in [9.17, 15) is 18.8 Å². The topological polar surface area (TPSA) is 121 Å². The summed E-state index contributed by atoms with van der Waals surface area (Å²) >= 11 is 0. The van der Waals surface area contributed by atoms with Crippen molar-refractivity contribution in [3.05, 3.63) is 42.3 Å². The van der Waals surface area contributed by atoms with Crippen molar-refractivity contribution < 1.29 is 28.6 Å². The zero-order valence-electron chi connectivity index (χ0n) is 14.8. The van der Waals surface area contributed by atoms with Crippen LogP contribution in [0.3, 0.4) is 0 Å². The number of halogens is 1. The van der Waals surface area contributed by atoms with Gasteiger partial charge in [-0.3, -0.25) is 14.5 Å². The van der Waals surface area contributed by atoms with E-state index < -0.39 is 36.4 Å². The van der Waals surface area contributed by atoms with Crippen LogP contribution >= 0.6 is 0 Å². The quantitative estimate of drug-likeness (QED) is 0.700. The fourth-order valence-electron chi connectivity index (χ4n) is 2.69. The van der Waals surface area contributed by atoms with Crippen LogP contribution in [-0.4, -0.2) is 54.3 Å². The first kappa shape index (κ1) is 19.2.